The first-order valence-corrected chi connectivity index (χ1v) is 6.85. The second-order valence-corrected chi connectivity index (χ2v) is 5.72. The molecule has 3 atom stereocenters. The summed E-state index contributed by atoms with van der Waals surface area (Å²) in [5.74, 6) is 0.346. The van der Waals surface area contributed by atoms with Crippen LogP contribution >= 0.6 is 11.6 Å². The molecule has 18 heavy (non-hydrogen) atoms. The predicted molar refractivity (Wildman–Crippen MR) is 62.3 cm³/mol. The van der Waals surface area contributed by atoms with E-state index >= 15 is 0 Å². The van der Waals surface area contributed by atoms with E-state index in [0.717, 1.165) is 30.6 Å². The fraction of sp³-hybridized carbons (Fsp3) is 0.917. The third-order valence-electron chi connectivity index (χ3n) is 4.09. The summed E-state index contributed by atoms with van der Waals surface area (Å²) in [6, 6.07) is 0. The molecular weight excluding hydrogens is 267 g/mol. The maximum absolute atomic E-state index is 12.4. The number of nitrogens with zero attached hydrogens (tertiary/aromatic N) is 1. The summed E-state index contributed by atoms with van der Waals surface area (Å²) in [6.07, 6.45) is -0.457. The third kappa shape index (κ3) is 3.11. The normalized spacial score (nSPS) is 30.8. The van der Waals surface area contributed by atoms with Crippen molar-refractivity contribution >= 4 is 17.5 Å². The first kappa shape index (κ1) is 14.0. The van der Waals surface area contributed by atoms with Gasteiger partial charge < -0.3 is 4.90 Å². The van der Waals surface area contributed by atoms with Crippen LogP contribution in [0.2, 0.25) is 0 Å². The molecule has 0 saturated heterocycles. The second kappa shape index (κ2) is 5.27. The number of carbonyl (C=O) groups is 1. The van der Waals surface area contributed by atoms with E-state index in [1.165, 1.54) is 0 Å². The maximum atomic E-state index is 12.4. The first-order valence-electron chi connectivity index (χ1n) is 6.32. The second-order valence-electron chi connectivity index (χ2n) is 5.35. The molecule has 3 unspecified atom stereocenters. The first-order chi connectivity index (χ1) is 8.40. The monoisotopic (exact) mass is 283 g/mol. The Morgan fingerprint density at radius 3 is 2.44 bits per heavy atom. The Morgan fingerprint density at radius 1 is 1.28 bits per heavy atom. The molecule has 2 bridgehead atoms. The van der Waals surface area contributed by atoms with E-state index in [-0.39, 0.29) is 24.2 Å². The van der Waals surface area contributed by atoms with Crippen LogP contribution in [0, 0.1) is 17.8 Å². The number of rotatable bonds is 4. The van der Waals surface area contributed by atoms with Crippen LogP contribution in [0.1, 0.15) is 25.7 Å². The maximum Gasteiger partial charge on any atom is 0.406 e. The van der Waals surface area contributed by atoms with Gasteiger partial charge in [0.25, 0.3) is 0 Å². The lowest BCUT2D eigenvalue weighted by Crippen LogP contribution is -2.44. The number of fused-ring (bicyclic) bond motifs is 2. The van der Waals surface area contributed by atoms with Gasteiger partial charge in [0.2, 0.25) is 5.91 Å². The van der Waals surface area contributed by atoms with Crippen molar-refractivity contribution in [2.75, 3.05) is 19.0 Å². The van der Waals surface area contributed by atoms with Crippen LogP contribution in [-0.2, 0) is 4.79 Å². The van der Waals surface area contributed by atoms with Crippen molar-refractivity contribution in [3.63, 3.8) is 0 Å². The molecule has 0 aliphatic heterocycles. The quantitative estimate of drug-likeness (QED) is 0.726. The minimum atomic E-state index is -4.35. The smallest absolute Gasteiger partial charge is 0.332 e. The van der Waals surface area contributed by atoms with Gasteiger partial charge in [0.05, 0.1) is 0 Å². The highest BCUT2D eigenvalue weighted by molar-refractivity contribution is 6.18. The Kier molecular flexibility index (Phi) is 4.09. The highest BCUT2D eigenvalue weighted by Gasteiger charge is 2.45. The number of amides is 1. The summed E-state index contributed by atoms with van der Waals surface area (Å²) in [7, 11) is 0. The lowest BCUT2D eigenvalue weighted by molar-refractivity contribution is -0.164. The van der Waals surface area contributed by atoms with Gasteiger partial charge in [-0.05, 0) is 31.1 Å². The molecule has 2 nitrogen and oxygen atoms in total. The molecule has 0 spiro atoms. The summed E-state index contributed by atoms with van der Waals surface area (Å²) in [4.78, 5) is 13.1. The van der Waals surface area contributed by atoms with Gasteiger partial charge in [-0.3, -0.25) is 4.79 Å². The lowest BCUT2D eigenvalue weighted by Gasteiger charge is -2.29. The summed E-state index contributed by atoms with van der Waals surface area (Å²) in [5, 5.41) is 0. The Labute approximate surface area is 109 Å². The minimum Gasteiger partial charge on any atom is -0.332 e. The molecule has 0 heterocycles. The molecule has 0 radical (unpaired) electrons. The van der Waals surface area contributed by atoms with Crippen LogP contribution in [-0.4, -0.2) is 36.0 Å². The summed E-state index contributed by atoms with van der Waals surface area (Å²) in [5.41, 5.74) is 0. The molecule has 1 amide bonds. The van der Waals surface area contributed by atoms with Crippen LogP contribution in [0.5, 0.6) is 0 Å². The average Bonchev–Trinajstić information content (AvgIpc) is 2.87. The van der Waals surface area contributed by atoms with Crippen LogP contribution in [0.4, 0.5) is 13.2 Å². The van der Waals surface area contributed by atoms with E-state index in [4.69, 9.17) is 11.6 Å². The fourth-order valence-corrected chi connectivity index (χ4v) is 3.57. The van der Waals surface area contributed by atoms with Gasteiger partial charge in [-0.1, -0.05) is 6.42 Å². The van der Waals surface area contributed by atoms with E-state index in [1.807, 2.05) is 0 Å². The Bertz CT molecular complexity index is 321. The lowest BCUT2D eigenvalue weighted by atomic mass is 9.87. The zero-order valence-electron chi connectivity index (χ0n) is 10.0. The van der Waals surface area contributed by atoms with Crippen molar-refractivity contribution in [1.82, 2.24) is 4.90 Å². The number of carbonyl (C=O) groups excluding carboxylic acids is 1. The molecule has 0 aromatic heterocycles. The molecule has 0 N–H and O–H groups in total. The number of alkyl halides is 4. The molecule has 104 valence electrons. The van der Waals surface area contributed by atoms with E-state index in [2.05, 4.69) is 0 Å². The van der Waals surface area contributed by atoms with Crippen molar-refractivity contribution in [3.8, 4) is 0 Å². The molecular formula is C12H17ClF3NO. The zero-order valence-corrected chi connectivity index (χ0v) is 10.8. The van der Waals surface area contributed by atoms with E-state index < -0.39 is 12.7 Å². The Morgan fingerprint density at radius 2 is 2.00 bits per heavy atom. The molecule has 6 heteroatoms. The number of halogens is 4. The van der Waals surface area contributed by atoms with Gasteiger partial charge in [-0.2, -0.15) is 13.2 Å². The summed E-state index contributed by atoms with van der Waals surface area (Å²) in [6.45, 7) is -1.19. The molecule has 2 aliphatic rings. The van der Waals surface area contributed by atoms with Crippen molar-refractivity contribution in [1.29, 1.82) is 0 Å². The molecule has 2 aliphatic carbocycles. The SMILES string of the molecule is O=C(C1CC2CCC1C2)N(CCCl)CC(F)(F)F. The van der Waals surface area contributed by atoms with Crippen LogP contribution in [0.15, 0.2) is 0 Å². The van der Waals surface area contributed by atoms with Crippen molar-refractivity contribution in [3.05, 3.63) is 0 Å². The van der Waals surface area contributed by atoms with E-state index in [0.29, 0.717) is 11.8 Å². The van der Waals surface area contributed by atoms with Crippen molar-refractivity contribution in [2.45, 2.75) is 31.9 Å². The standard InChI is InChI=1S/C12H17ClF3NO/c13-3-4-17(7-12(14,15)16)11(18)10-6-8-1-2-9(10)5-8/h8-10H,1-7H2. The Hall–Kier alpha value is -0.450. The van der Waals surface area contributed by atoms with Crippen LogP contribution in [0.25, 0.3) is 0 Å². The van der Waals surface area contributed by atoms with Crippen molar-refractivity contribution < 1.29 is 18.0 Å². The van der Waals surface area contributed by atoms with Crippen molar-refractivity contribution in [2.24, 2.45) is 17.8 Å². The number of hydrogen-bond acceptors (Lipinski definition) is 1. The highest BCUT2D eigenvalue weighted by Crippen LogP contribution is 2.49. The molecule has 2 rings (SSSR count). The Balaban J connectivity index is 1.99. The van der Waals surface area contributed by atoms with Gasteiger partial charge in [0.1, 0.15) is 6.54 Å². The van der Waals surface area contributed by atoms with E-state index in [9.17, 15) is 18.0 Å². The zero-order chi connectivity index (χ0) is 13.3. The highest BCUT2D eigenvalue weighted by atomic mass is 35.5. The fourth-order valence-electron chi connectivity index (χ4n) is 3.37. The van der Waals surface area contributed by atoms with Gasteiger partial charge >= 0.3 is 6.18 Å². The third-order valence-corrected chi connectivity index (χ3v) is 4.26. The summed E-state index contributed by atoms with van der Waals surface area (Å²) < 4.78 is 37.3. The largest absolute Gasteiger partial charge is 0.406 e. The van der Waals surface area contributed by atoms with Gasteiger partial charge in [0, 0.05) is 18.3 Å². The van der Waals surface area contributed by atoms with Gasteiger partial charge in [0.15, 0.2) is 0 Å². The van der Waals surface area contributed by atoms with E-state index in [1.54, 1.807) is 0 Å². The topological polar surface area (TPSA) is 20.3 Å². The molecule has 2 saturated carbocycles. The van der Waals surface area contributed by atoms with Crippen LogP contribution < -0.4 is 0 Å². The molecule has 0 aromatic carbocycles. The van der Waals surface area contributed by atoms with Gasteiger partial charge in [-0.15, -0.1) is 11.6 Å². The predicted octanol–water partition coefficient (Wildman–Crippen LogP) is 3.05. The molecule has 2 fully saturated rings. The van der Waals surface area contributed by atoms with Crippen LogP contribution in [0.3, 0.4) is 0 Å². The molecule has 0 aromatic rings. The minimum absolute atomic E-state index is 0.0201. The summed E-state index contributed by atoms with van der Waals surface area (Å²) >= 11 is 5.49. The average molecular weight is 284 g/mol. The van der Waals surface area contributed by atoms with Gasteiger partial charge in [-0.25, -0.2) is 0 Å². The number of hydrogen-bond donors (Lipinski definition) is 0.